The van der Waals surface area contributed by atoms with Crippen LogP contribution in [0.25, 0.3) is 16.9 Å². The molecule has 0 unspecified atom stereocenters. The highest BCUT2D eigenvalue weighted by Crippen LogP contribution is 2.30. The number of carbonyl (C=O) groups excluding carboxylic acids is 1. The molecule has 0 aliphatic carbocycles. The summed E-state index contributed by atoms with van der Waals surface area (Å²) in [5.41, 5.74) is 4.41. The van der Waals surface area contributed by atoms with Crippen molar-refractivity contribution in [2.45, 2.75) is 33.4 Å². The van der Waals surface area contributed by atoms with Crippen LogP contribution in [0.15, 0.2) is 42.5 Å². The number of fused-ring (bicyclic) bond motifs is 1. The van der Waals surface area contributed by atoms with Gasteiger partial charge in [-0.25, -0.2) is 9.07 Å². The van der Waals surface area contributed by atoms with E-state index in [0.717, 1.165) is 22.4 Å². The lowest BCUT2D eigenvalue weighted by Gasteiger charge is -2.19. The SMILES string of the molecule is Cc1c(-c2ccc3c(c2)CN(C(C)C)C3=O)nnn1-c1ccccc1F. The standard InChI is InChI=1S/C20H19FN4O/c1-12(2)24-11-15-10-14(8-9-16(15)20(24)26)19-13(3)25(23-22-19)18-7-5-4-6-17(18)21/h4-10,12H,11H2,1-3H3. The first-order chi connectivity index (χ1) is 12.5. The van der Waals surface area contributed by atoms with E-state index < -0.39 is 0 Å². The van der Waals surface area contributed by atoms with E-state index in [-0.39, 0.29) is 17.8 Å². The van der Waals surface area contributed by atoms with Crippen LogP contribution in [0.4, 0.5) is 4.39 Å². The summed E-state index contributed by atoms with van der Waals surface area (Å²) in [5, 5.41) is 8.37. The number of amides is 1. The summed E-state index contributed by atoms with van der Waals surface area (Å²) in [7, 11) is 0. The number of benzene rings is 2. The van der Waals surface area contributed by atoms with Crippen molar-refractivity contribution in [3.63, 3.8) is 0 Å². The second-order valence-electron chi connectivity index (χ2n) is 6.79. The van der Waals surface area contributed by atoms with E-state index in [2.05, 4.69) is 10.3 Å². The molecule has 0 bridgehead atoms. The Kier molecular flexibility index (Phi) is 3.83. The van der Waals surface area contributed by atoms with Crippen molar-refractivity contribution in [1.82, 2.24) is 19.9 Å². The molecule has 0 radical (unpaired) electrons. The first-order valence-corrected chi connectivity index (χ1v) is 8.59. The summed E-state index contributed by atoms with van der Waals surface area (Å²) < 4.78 is 15.6. The molecule has 0 atom stereocenters. The van der Waals surface area contributed by atoms with Gasteiger partial charge in [-0.15, -0.1) is 5.10 Å². The number of aromatic nitrogens is 3. The molecule has 0 N–H and O–H groups in total. The zero-order chi connectivity index (χ0) is 18.4. The summed E-state index contributed by atoms with van der Waals surface area (Å²) in [6, 6.07) is 12.3. The molecule has 2 aromatic carbocycles. The van der Waals surface area contributed by atoms with Crippen molar-refractivity contribution >= 4 is 5.91 Å². The molecule has 2 heterocycles. The fourth-order valence-corrected chi connectivity index (χ4v) is 3.36. The van der Waals surface area contributed by atoms with Crippen LogP contribution in [0.2, 0.25) is 0 Å². The monoisotopic (exact) mass is 350 g/mol. The van der Waals surface area contributed by atoms with E-state index in [1.807, 2.05) is 43.9 Å². The van der Waals surface area contributed by atoms with E-state index in [1.165, 1.54) is 10.7 Å². The van der Waals surface area contributed by atoms with Gasteiger partial charge in [0.2, 0.25) is 0 Å². The highest BCUT2D eigenvalue weighted by atomic mass is 19.1. The van der Waals surface area contributed by atoms with Crippen LogP contribution in [0.3, 0.4) is 0 Å². The van der Waals surface area contributed by atoms with E-state index in [4.69, 9.17) is 0 Å². The van der Waals surface area contributed by atoms with Crippen molar-refractivity contribution in [1.29, 1.82) is 0 Å². The Morgan fingerprint density at radius 1 is 1.15 bits per heavy atom. The Bertz CT molecular complexity index is 1010. The van der Waals surface area contributed by atoms with Crippen LogP contribution in [0.1, 0.15) is 35.5 Å². The molecule has 132 valence electrons. The van der Waals surface area contributed by atoms with Gasteiger partial charge in [-0.3, -0.25) is 4.79 Å². The third-order valence-electron chi connectivity index (χ3n) is 4.81. The third kappa shape index (κ3) is 2.49. The highest BCUT2D eigenvalue weighted by molar-refractivity contribution is 5.99. The van der Waals surface area contributed by atoms with Gasteiger partial charge in [0.1, 0.15) is 17.2 Å². The lowest BCUT2D eigenvalue weighted by Crippen LogP contribution is -2.30. The summed E-state index contributed by atoms with van der Waals surface area (Å²) in [4.78, 5) is 14.3. The zero-order valence-corrected chi connectivity index (χ0v) is 14.9. The largest absolute Gasteiger partial charge is 0.332 e. The Morgan fingerprint density at radius 2 is 1.92 bits per heavy atom. The minimum absolute atomic E-state index is 0.0632. The Hall–Kier alpha value is -3.02. The molecule has 1 aliphatic rings. The number of hydrogen-bond acceptors (Lipinski definition) is 3. The van der Waals surface area contributed by atoms with Gasteiger partial charge >= 0.3 is 0 Å². The highest BCUT2D eigenvalue weighted by Gasteiger charge is 2.29. The Labute approximate surface area is 151 Å². The molecule has 6 heteroatoms. The second kappa shape index (κ2) is 6.05. The average molecular weight is 350 g/mol. The minimum Gasteiger partial charge on any atom is -0.332 e. The number of hydrogen-bond donors (Lipinski definition) is 0. The molecule has 3 aromatic rings. The van der Waals surface area contributed by atoms with Gasteiger partial charge in [-0.1, -0.05) is 23.4 Å². The summed E-state index contributed by atoms with van der Waals surface area (Å²) in [6.45, 7) is 6.48. The van der Waals surface area contributed by atoms with Gasteiger partial charge in [0.05, 0.1) is 5.69 Å². The molecule has 1 aromatic heterocycles. The summed E-state index contributed by atoms with van der Waals surface area (Å²) in [5.74, 6) is -0.285. The molecular formula is C20H19FN4O. The summed E-state index contributed by atoms with van der Waals surface area (Å²) >= 11 is 0. The second-order valence-corrected chi connectivity index (χ2v) is 6.79. The lowest BCUT2D eigenvalue weighted by molar-refractivity contribution is 0.0730. The first kappa shape index (κ1) is 16.4. The number of para-hydroxylation sites is 1. The van der Waals surface area contributed by atoms with Crippen LogP contribution in [0.5, 0.6) is 0 Å². The van der Waals surface area contributed by atoms with Crippen LogP contribution in [-0.4, -0.2) is 31.8 Å². The van der Waals surface area contributed by atoms with Gasteiger partial charge in [-0.2, -0.15) is 0 Å². The van der Waals surface area contributed by atoms with Gasteiger partial charge in [0, 0.05) is 23.7 Å². The maximum atomic E-state index is 14.1. The molecule has 0 fully saturated rings. The smallest absolute Gasteiger partial charge is 0.254 e. The van der Waals surface area contributed by atoms with E-state index in [1.54, 1.807) is 18.2 Å². The predicted molar refractivity (Wildman–Crippen MR) is 96.5 cm³/mol. The number of nitrogens with zero attached hydrogens (tertiary/aromatic N) is 4. The van der Waals surface area contributed by atoms with Gasteiger partial charge in [0.25, 0.3) is 5.91 Å². The molecule has 4 rings (SSSR count). The fourth-order valence-electron chi connectivity index (χ4n) is 3.36. The third-order valence-corrected chi connectivity index (χ3v) is 4.81. The Balaban J connectivity index is 1.74. The zero-order valence-electron chi connectivity index (χ0n) is 14.9. The van der Waals surface area contributed by atoms with E-state index in [0.29, 0.717) is 17.9 Å². The van der Waals surface area contributed by atoms with Crippen molar-refractivity contribution in [2.75, 3.05) is 0 Å². The minimum atomic E-state index is -0.348. The average Bonchev–Trinajstić information content (AvgIpc) is 3.16. The molecule has 1 amide bonds. The van der Waals surface area contributed by atoms with Gasteiger partial charge in [-0.05, 0) is 50.6 Å². The van der Waals surface area contributed by atoms with Crippen LogP contribution < -0.4 is 0 Å². The van der Waals surface area contributed by atoms with Crippen LogP contribution in [0, 0.1) is 12.7 Å². The Morgan fingerprint density at radius 3 is 2.65 bits per heavy atom. The summed E-state index contributed by atoms with van der Waals surface area (Å²) in [6.07, 6.45) is 0. The van der Waals surface area contributed by atoms with E-state index in [9.17, 15) is 9.18 Å². The first-order valence-electron chi connectivity index (χ1n) is 8.59. The predicted octanol–water partition coefficient (Wildman–Crippen LogP) is 3.75. The number of rotatable bonds is 3. The molecule has 1 aliphatic heterocycles. The van der Waals surface area contributed by atoms with Crippen LogP contribution >= 0.6 is 0 Å². The normalized spacial score (nSPS) is 13.6. The number of carbonyl (C=O) groups is 1. The molecule has 0 spiro atoms. The number of halogens is 1. The van der Waals surface area contributed by atoms with E-state index >= 15 is 0 Å². The molecule has 0 saturated carbocycles. The topological polar surface area (TPSA) is 51.0 Å². The van der Waals surface area contributed by atoms with Crippen molar-refractivity contribution in [3.05, 3.63) is 65.1 Å². The maximum Gasteiger partial charge on any atom is 0.254 e. The van der Waals surface area contributed by atoms with Crippen LogP contribution in [-0.2, 0) is 6.54 Å². The van der Waals surface area contributed by atoms with Crippen molar-refractivity contribution < 1.29 is 9.18 Å². The molecular weight excluding hydrogens is 331 g/mol. The van der Waals surface area contributed by atoms with Gasteiger partial charge < -0.3 is 4.90 Å². The fraction of sp³-hybridized carbons (Fsp3) is 0.250. The maximum absolute atomic E-state index is 14.1. The molecule has 0 saturated heterocycles. The van der Waals surface area contributed by atoms with Crippen molar-refractivity contribution in [3.8, 4) is 16.9 Å². The van der Waals surface area contributed by atoms with Crippen molar-refractivity contribution in [2.24, 2.45) is 0 Å². The lowest BCUT2D eigenvalue weighted by atomic mass is 10.0. The van der Waals surface area contributed by atoms with Gasteiger partial charge in [0.15, 0.2) is 0 Å². The quantitative estimate of drug-likeness (QED) is 0.723. The molecule has 5 nitrogen and oxygen atoms in total. The molecule has 26 heavy (non-hydrogen) atoms.